The van der Waals surface area contributed by atoms with Gasteiger partial charge in [0.15, 0.2) is 6.29 Å². The second kappa shape index (κ2) is 8.52. The van der Waals surface area contributed by atoms with Gasteiger partial charge in [-0.05, 0) is 30.4 Å². The Bertz CT molecular complexity index is 1070. The van der Waals surface area contributed by atoms with Crippen molar-refractivity contribution in [3.05, 3.63) is 53.9 Å². The SMILES string of the molecule is O=C(Nc1cccs1)Nc1cc(-c2ccccc2)nn1C1NC(=O)C2CCCCC2N1. The molecule has 1 aromatic carbocycles. The van der Waals surface area contributed by atoms with E-state index in [1.807, 2.05) is 53.9 Å². The van der Waals surface area contributed by atoms with Crippen LogP contribution < -0.4 is 21.3 Å². The molecule has 2 aromatic heterocycles. The number of rotatable bonds is 4. The summed E-state index contributed by atoms with van der Waals surface area (Å²) in [5.74, 6) is 0.534. The molecule has 2 fully saturated rings. The summed E-state index contributed by atoms with van der Waals surface area (Å²) in [7, 11) is 0. The fraction of sp³-hybridized carbons (Fsp3) is 0.318. The number of benzene rings is 1. The topological polar surface area (TPSA) is 100 Å². The lowest BCUT2D eigenvalue weighted by Gasteiger charge is -2.40. The zero-order chi connectivity index (χ0) is 21.2. The molecule has 160 valence electrons. The molecule has 3 amide bonds. The highest BCUT2D eigenvalue weighted by atomic mass is 32.1. The Labute approximate surface area is 184 Å². The lowest BCUT2D eigenvalue weighted by Crippen LogP contribution is -2.59. The van der Waals surface area contributed by atoms with Gasteiger partial charge >= 0.3 is 6.03 Å². The molecule has 9 heteroatoms. The fourth-order valence-electron chi connectivity index (χ4n) is 4.31. The monoisotopic (exact) mass is 436 g/mol. The van der Waals surface area contributed by atoms with Crippen molar-refractivity contribution in [2.75, 3.05) is 10.6 Å². The summed E-state index contributed by atoms with van der Waals surface area (Å²) in [6, 6.07) is 15.0. The Morgan fingerprint density at radius 1 is 1.10 bits per heavy atom. The van der Waals surface area contributed by atoms with Crippen LogP contribution in [0.4, 0.5) is 15.6 Å². The van der Waals surface area contributed by atoms with Crippen molar-refractivity contribution in [1.82, 2.24) is 20.4 Å². The molecule has 1 aliphatic carbocycles. The minimum Gasteiger partial charge on any atom is -0.322 e. The first-order chi connectivity index (χ1) is 15.2. The largest absolute Gasteiger partial charge is 0.325 e. The Kier molecular flexibility index (Phi) is 5.44. The van der Waals surface area contributed by atoms with Crippen LogP contribution in [0.15, 0.2) is 53.9 Å². The van der Waals surface area contributed by atoms with Crippen LogP contribution in [0.2, 0.25) is 0 Å². The van der Waals surface area contributed by atoms with Gasteiger partial charge in [0.2, 0.25) is 5.91 Å². The van der Waals surface area contributed by atoms with Gasteiger partial charge in [0.05, 0.1) is 16.6 Å². The predicted octanol–water partition coefficient (Wildman–Crippen LogP) is 3.99. The van der Waals surface area contributed by atoms with E-state index in [1.54, 1.807) is 4.68 Å². The minimum atomic E-state index is -0.527. The second-order valence-corrected chi connectivity index (χ2v) is 8.80. The van der Waals surface area contributed by atoms with E-state index < -0.39 is 6.29 Å². The van der Waals surface area contributed by atoms with Crippen molar-refractivity contribution in [2.45, 2.75) is 38.0 Å². The third-order valence-electron chi connectivity index (χ3n) is 5.80. The highest BCUT2D eigenvalue weighted by molar-refractivity contribution is 7.14. The molecule has 1 aliphatic heterocycles. The van der Waals surface area contributed by atoms with E-state index in [4.69, 9.17) is 5.10 Å². The van der Waals surface area contributed by atoms with Gasteiger partial charge in [0, 0.05) is 17.7 Å². The van der Waals surface area contributed by atoms with Crippen LogP contribution in [0.25, 0.3) is 11.3 Å². The number of thiophene rings is 1. The van der Waals surface area contributed by atoms with Crippen LogP contribution >= 0.6 is 11.3 Å². The molecule has 1 saturated carbocycles. The first kappa shape index (κ1) is 19.8. The van der Waals surface area contributed by atoms with Gasteiger partial charge in [-0.3, -0.25) is 20.7 Å². The summed E-state index contributed by atoms with van der Waals surface area (Å²) < 4.78 is 1.65. The molecule has 2 aliphatic rings. The molecular weight excluding hydrogens is 412 g/mol. The number of carbonyl (C=O) groups excluding carboxylic acids is 2. The van der Waals surface area contributed by atoms with Crippen LogP contribution in [0.3, 0.4) is 0 Å². The first-order valence-electron chi connectivity index (χ1n) is 10.5. The van der Waals surface area contributed by atoms with Gasteiger partial charge in [0.1, 0.15) is 5.82 Å². The smallest absolute Gasteiger partial charge is 0.322 e. The molecule has 3 aromatic rings. The van der Waals surface area contributed by atoms with Gasteiger partial charge in [-0.2, -0.15) is 5.10 Å². The maximum absolute atomic E-state index is 12.7. The number of anilines is 2. The Morgan fingerprint density at radius 3 is 2.74 bits per heavy atom. The van der Waals surface area contributed by atoms with Crippen LogP contribution in [0, 0.1) is 5.92 Å². The van der Waals surface area contributed by atoms with Crippen LogP contribution in [-0.2, 0) is 4.79 Å². The van der Waals surface area contributed by atoms with Crippen LogP contribution in [0.1, 0.15) is 32.0 Å². The average Bonchev–Trinajstić information content (AvgIpc) is 3.44. The van der Waals surface area contributed by atoms with Gasteiger partial charge in [-0.25, -0.2) is 9.48 Å². The number of hydrogen-bond acceptors (Lipinski definition) is 5. The zero-order valence-electron chi connectivity index (χ0n) is 16.9. The van der Waals surface area contributed by atoms with Crippen molar-refractivity contribution < 1.29 is 9.59 Å². The average molecular weight is 437 g/mol. The van der Waals surface area contributed by atoms with E-state index in [2.05, 4.69) is 21.3 Å². The van der Waals surface area contributed by atoms with Crippen molar-refractivity contribution in [2.24, 2.45) is 5.92 Å². The highest BCUT2D eigenvalue weighted by Gasteiger charge is 2.38. The fourth-order valence-corrected chi connectivity index (χ4v) is 4.92. The Hall–Kier alpha value is -3.17. The number of nitrogens with zero attached hydrogens (tertiary/aromatic N) is 2. The molecule has 4 N–H and O–H groups in total. The molecule has 0 radical (unpaired) electrons. The minimum absolute atomic E-state index is 0.00677. The zero-order valence-corrected chi connectivity index (χ0v) is 17.7. The van der Waals surface area contributed by atoms with Gasteiger partial charge in [-0.1, -0.05) is 43.2 Å². The summed E-state index contributed by atoms with van der Waals surface area (Å²) in [5.41, 5.74) is 1.65. The predicted molar refractivity (Wildman–Crippen MR) is 121 cm³/mol. The van der Waals surface area contributed by atoms with Crippen molar-refractivity contribution in [3.8, 4) is 11.3 Å². The quantitative estimate of drug-likeness (QED) is 0.497. The maximum Gasteiger partial charge on any atom is 0.325 e. The molecule has 0 spiro atoms. The normalized spacial score (nSPS) is 23.0. The maximum atomic E-state index is 12.7. The molecule has 8 nitrogen and oxygen atoms in total. The van der Waals surface area contributed by atoms with E-state index in [0.717, 1.165) is 36.2 Å². The summed E-state index contributed by atoms with van der Waals surface area (Å²) in [6.07, 6.45) is 3.52. The van der Waals surface area contributed by atoms with Gasteiger partial charge in [0.25, 0.3) is 0 Å². The van der Waals surface area contributed by atoms with E-state index in [1.165, 1.54) is 11.3 Å². The van der Waals surface area contributed by atoms with Crippen LogP contribution in [0.5, 0.6) is 0 Å². The summed E-state index contributed by atoms with van der Waals surface area (Å²) in [4.78, 5) is 25.3. The standard InChI is InChI=1S/C22H24N6O2S/c29-20-15-9-4-5-10-16(15)23-21(26-20)28-18(24-22(30)25-19-11-6-12-31-19)13-17(27-28)14-7-2-1-3-8-14/h1-3,6-8,11-13,15-16,21,23H,4-5,9-10H2,(H,26,29)(H2,24,25,30). The number of fused-ring (bicyclic) bond motifs is 1. The summed E-state index contributed by atoms with van der Waals surface area (Å²) >= 11 is 1.45. The summed E-state index contributed by atoms with van der Waals surface area (Å²) in [5, 5.41) is 19.6. The number of urea groups is 1. The highest BCUT2D eigenvalue weighted by Crippen LogP contribution is 2.31. The number of carbonyl (C=O) groups is 2. The van der Waals surface area contributed by atoms with E-state index in [0.29, 0.717) is 11.5 Å². The molecule has 5 rings (SSSR count). The van der Waals surface area contributed by atoms with E-state index in [9.17, 15) is 9.59 Å². The second-order valence-electron chi connectivity index (χ2n) is 7.86. The number of hydrogen-bond donors (Lipinski definition) is 4. The van der Waals surface area contributed by atoms with Gasteiger partial charge in [-0.15, -0.1) is 11.3 Å². The molecule has 31 heavy (non-hydrogen) atoms. The summed E-state index contributed by atoms with van der Waals surface area (Å²) in [6.45, 7) is 0. The molecule has 3 atom stereocenters. The number of aromatic nitrogens is 2. The lowest BCUT2D eigenvalue weighted by atomic mass is 9.83. The van der Waals surface area contributed by atoms with Crippen molar-refractivity contribution in [1.29, 1.82) is 0 Å². The lowest BCUT2D eigenvalue weighted by molar-refractivity contribution is -0.132. The van der Waals surface area contributed by atoms with Crippen molar-refractivity contribution in [3.63, 3.8) is 0 Å². The number of nitrogens with one attached hydrogen (secondary N) is 4. The Balaban J connectivity index is 1.44. The third-order valence-corrected chi connectivity index (χ3v) is 6.59. The molecule has 3 unspecified atom stereocenters. The Morgan fingerprint density at radius 2 is 1.94 bits per heavy atom. The van der Waals surface area contributed by atoms with Crippen molar-refractivity contribution >= 4 is 34.1 Å². The van der Waals surface area contributed by atoms with Gasteiger partial charge < -0.3 is 5.32 Å². The van der Waals surface area contributed by atoms with E-state index >= 15 is 0 Å². The first-order valence-corrected chi connectivity index (χ1v) is 11.4. The molecule has 1 saturated heterocycles. The van der Waals surface area contributed by atoms with Crippen LogP contribution in [-0.4, -0.2) is 27.8 Å². The molecule has 3 heterocycles. The number of amides is 3. The molecular formula is C22H24N6O2S. The third kappa shape index (κ3) is 4.19. The molecule has 0 bridgehead atoms. The van der Waals surface area contributed by atoms with E-state index in [-0.39, 0.29) is 23.9 Å².